The van der Waals surface area contributed by atoms with Crippen LogP contribution in [-0.4, -0.2) is 57.8 Å². The zero-order chi connectivity index (χ0) is 21.8. The van der Waals surface area contributed by atoms with Crippen molar-refractivity contribution >= 4 is 27.7 Å². The third-order valence-electron chi connectivity index (χ3n) is 5.42. The number of carbonyl (C=O) groups is 1. The van der Waals surface area contributed by atoms with Gasteiger partial charge in [0.1, 0.15) is 12.7 Å². The largest absolute Gasteiger partial charge is 0.486 e. The van der Waals surface area contributed by atoms with E-state index in [0.717, 1.165) is 24.2 Å². The Labute approximate surface area is 187 Å². The van der Waals surface area contributed by atoms with E-state index in [1.54, 1.807) is 12.1 Å². The first-order chi connectivity index (χ1) is 15.0. The molecule has 1 amide bonds. The van der Waals surface area contributed by atoms with Crippen molar-refractivity contribution in [3.8, 4) is 11.5 Å². The molecule has 2 aromatic rings. The Morgan fingerprint density at radius 1 is 1.13 bits per heavy atom. The minimum Gasteiger partial charge on any atom is -0.486 e. The number of nitrogens with one attached hydrogen (secondary N) is 1. The average Bonchev–Trinajstić information content (AvgIpc) is 2.82. The number of piperidine rings is 1. The van der Waals surface area contributed by atoms with Crippen LogP contribution in [0.4, 0.5) is 0 Å². The zero-order valence-electron chi connectivity index (χ0n) is 17.4. The van der Waals surface area contributed by atoms with Crippen LogP contribution in [0.2, 0.25) is 0 Å². The highest BCUT2D eigenvalue weighted by atomic mass is 32.2. The molecule has 1 atom stereocenters. The number of carbonyl (C=O) groups excluding carboxylic acids is 1. The number of nitrogens with zero attached hydrogens (tertiary/aromatic N) is 1. The van der Waals surface area contributed by atoms with E-state index in [0.29, 0.717) is 30.2 Å². The molecule has 0 unspecified atom stereocenters. The number of hydrogen-bond donors (Lipinski definition) is 1. The van der Waals surface area contributed by atoms with Crippen molar-refractivity contribution in [2.24, 2.45) is 0 Å². The van der Waals surface area contributed by atoms with Crippen LogP contribution in [0, 0.1) is 0 Å². The minimum absolute atomic E-state index is 0.0658. The fourth-order valence-corrected chi connectivity index (χ4v) is 5.40. The molecule has 7 nitrogen and oxygen atoms in total. The number of sulfonamides is 1. The molecule has 31 heavy (non-hydrogen) atoms. The number of likely N-dealkylation sites (tertiary alicyclic amines) is 1. The second-order valence-electron chi connectivity index (χ2n) is 7.56. The standard InChI is InChI=1S/C22H26N2O5S2/c1-30-21-10-9-17(13-18(21)22(25)24-11-5-2-6-12-24)31(26,27)23-14-16-15-28-19-7-3-4-8-20(19)29-16/h3-4,7-10,13,16,23H,2,5-6,11-12,14-15H2,1H3/t16-/m1/s1. The van der Waals surface area contributed by atoms with Gasteiger partial charge >= 0.3 is 0 Å². The zero-order valence-corrected chi connectivity index (χ0v) is 19.0. The van der Waals surface area contributed by atoms with Gasteiger partial charge in [-0.05, 0) is 55.9 Å². The van der Waals surface area contributed by atoms with Crippen LogP contribution in [0.25, 0.3) is 0 Å². The van der Waals surface area contributed by atoms with Gasteiger partial charge in [-0.3, -0.25) is 4.79 Å². The summed E-state index contributed by atoms with van der Waals surface area (Å²) in [6, 6.07) is 12.0. The molecule has 2 aromatic carbocycles. The van der Waals surface area contributed by atoms with Gasteiger partial charge in [0, 0.05) is 18.0 Å². The van der Waals surface area contributed by atoms with Crippen LogP contribution < -0.4 is 14.2 Å². The molecule has 0 radical (unpaired) electrons. The SMILES string of the molecule is CSc1ccc(S(=O)(=O)NC[C@@H]2COc3ccccc3O2)cc1C(=O)N1CCCCC1. The predicted octanol–water partition coefficient (Wildman–Crippen LogP) is 3.15. The van der Waals surface area contributed by atoms with Crippen LogP contribution >= 0.6 is 11.8 Å². The Morgan fingerprint density at radius 3 is 2.61 bits per heavy atom. The van der Waals surface area contributed by atoms with Crippen molar-refractivity contribution in [3.63, 3.8) is 0 Å². The highest BCUT2D eigenvalue weighted by Gasteiger charge is 2.26. The first-order valence-corrected chi connectivity index (χ1v) is 13.0. The van der Waals surface area contributed by atoms with Crippen molar-refractivity contribution in [3.05, 3.63) is 48.0 Å². The van der Waals surface area contributed by atoms with Crippen LogP contribution in [0.5, 0.6) is 11.5 Å². The summed E-state index contributed by atoms with van der Waals surface area (Å²) in [6.07, 6.45) is 4.52. The van der Waals surface area contributed by atoms with Crippen LogP contribution in [0.1, 0.15) is 29.6 Å². The molecular formula is C22H26N2O5S2. The summed E-state index contributed by atoms with van der Waals surface area (Å²) in [5.41, 5.74) is 0.434. The van der Waals surface area contributed by atoms with E-state index in [1.807, 2.05) is 29.4 Å². The van der Waals surface area contributed by atoms with Crippen LogP contribution in [0.3, 0.4) is 0 Å². The Kier molecular flexibility index (Phi) is 6.74. The van der Waals surface area contributed by atoms with Crippen molar-refractivity contribution in [1.29, 1.82) is 0 Å². The van der Waals surface area contributed by atoms with E-state index in [-0.39, 0.29) is 24.0 Å². The highest BCUT2D eigenvalue weighted by Crippen LogP contribution is 2.31. The first kappa shape index (κ1) is 22.0. The third kappa shape index (κ3) is 4.99. The third-order valence-corrected chi connectivity index (χ3v) is 7.64. The highest BCUT2D eigenvalue weighted by molar-refractivity contribution is 7.98. The molecule has 4 rings (SSSR count). The average molecular weight is 463 g/mol. The summed E-state index contributed by atoms with van der Waals surface area (Å²) in [7, 11) is -3.81. The maximum Gasteiger partial charge on any atom is 0.255 e. The maximum absolute atomic E-state index is 13.0. The summed E-state index contributed by atoms with van der Waals surface area (Å²) in [5, 5.41) is 0. The lowest BCUT2D eigenvalue weighted by Gasteiger charge is -2.27. The van der Waals surface area contributed by atoms with Gasteiger partial charge in [-0.15, -0.1) is 11.8 Å². The molecule has 2 aliphatic heterocycles. The lowest BCUT2D eigenvalue weighted by Crippen LogP contribution is -2.40. The number of benzene rings is 2. The number of fused-ring (bicyclic) bond motifs is 1. The number of para-hydroxylation sites is 2. The summed E-state index contributed by atoms with van der Waals surface area (Å²) in [4.78, 5) is 15.7. The van der Waals surface area contributed by atoms with E-state index in [4.69, 9.17) is 9.47 Å². The molecule has 0 bridgehead atoms. The lowest BCUT2D eigenvalue weighted by molar-refractivity contribution is 0.0720. The molecule has 0 aliphatic carbocycles. The molecular weight excluding hydrogens is 436 g/mol. The van der Waals surface area contributed by atoms with E-state index in [1.165, 1.54) is 23.9 Å². The van der Waals surface area contributed by atoms with Crippen LogP contribution in [0.15, 0.2) is 52.3 Å². The van der Waals surface area contributed by atoms with Crippen molar-refractivity contribution < 1.29 is 22.7 Å². The number of hydrogen-bond acceptors (Lipinski definition) is 6. The summed E-state index contributed by atoms with van der Waals surface area (Å²) in [5.74, 6) is 1.13. The van der Waals surface area contributed by atoms with Gasteiger partial charge in [0.25, 0.3) is 5.91 Å². The molecule has 1 fully saturated rings. The minimum atomic E-state index is -3.81. The molecule has 0 spiro atoms. The fourth-order valence-electron chi connectivity index (χ4n) is 3.74. The van der Waals surface area contributed by atoms with Crippen molar-refractivity contribution in [1.82, 2.24) is 9.62 Å². The van der Waals surface area contributed by atoms with E-state index < -0.39 is 16.1 Å². The van der Waals surface area contributed by atoms with E-state index in [2.05, 4.69) is 4.72 Å². The fraction of sp³-hybridized carbons (Fsp3) is 0.409. The Bertz CT molecular complexity index is 1050. The number of thioether (sulfide) groups is 1. The Balaban J connectivity index is 1.48. The van der Waals surface area contributed by atoms with Gasteiger partial charge in [0.05, 0.1) is 17.0 Å². The molecule has 2 aliphatic rings. The van der Waals surface area contributed by atoms with E-state index in [9.17, 15) is 13.2 Å². The summed E-state index contributed by atoms with van der Waals surface area (Å²) >= 11 is 1.44. The van der Waals surface area contributed by atoms with Crippen LogP contribution in [-0.2, 0) is 10.0 Å². The lowest BCUT2D eigenvalue weighted by atomic mass is 10.1. The molecule has 1 N–H and O–H groups in total. The number of amides is 1. The van der Waals surface area contributed by atoms with E-state index >= 15 is 0 Å². The Morgan fingerprint density at radius 2 is 1.87 bits per heavy atom. The molecule has 1 saturated heterocycles. The monoisotopic (exact) mass is 462 g/mol. The van der Waals surface area contributed by atoms with Gasteiger partial charge in [-0.1, -0.05) is 12.1 Å². The van der Waals surface area contributed by atoms with Gasteiger partial charge in [-0.2, -0.15) is 0 Å². The molecule has 9 heteroatoms. The smallest absolute Gasteiger partial charge is 0.255 e. The van der Waals surface area contributed by atoms with Crippen molar-refractivity contribution in [2.45, 2.75) is 35.2 Å². The number of ether oxygens (including phenoxy) is 2. The molecule has 2 heterocycles. The molecule has 166 valence electrons. The van der Waals surface area contributed by atoms with Gasteiger partial charge < -0.3 is 14.4 Å². The summed E-state index contributed by atoms with van der Waals surface area (Å²) in [6.45, 7) is 1.74. The number of rotatable bonds is 6. The second kappa shape index (κ2) is 9.50. The van der Waals surface area contributed by atoms with Gasteiger partial charge in [-0.25, -0.2) is 13.1 Å². The van der Waals surface area contributed by atoms with Gasteiger partial charge in [0.2, 0.25) is 10.0 Å². The van der Waals surface area contributed by atoms with Gasteiger partial charge in [0.15, 0.2) is 11.5 Å². The first-order valence-electron chi connectivity index (χ1n) is 10.3. The van der Waals surface area contributed by atoms with Crippen molar-refractivity contribution in [2.75, 3.05) is 32.5 Å². The predicted molar refractivity (Wildman–Crippen MR) is 120 cm³/mol. The quantitative estimate of drug-likeness (QED) is 0.664. The second-order valence-corrected chi connectivity index (χ2v) is 10.2. The molecule has 0 aromatic heterocycles. The maximum atomic E-state index is 13.0. The molecule has 0 saturated carbocycles. The topological polar surface area (TPSA) is 84.9 Å². The Hall–Kier alpha value is -2.23. The summed E-state index contributed by atoms with van der Waals surface area (Å²) < 4.78 is 39.9. The normalized spacial score (nSPS) is 18.6.